The van der Waals surface area contributed by atoms with Crippen LogP contribution in [-0.2, 0) is 11.3 Å². The van der Waals surface area contributed by atoms with E-state index in [-0.39, 0.29) is 11.5 Å². The lowest BCUT2D eigenvalue weighted by Crippen LogP contribution is -2.15. The number of ether oxygens (including phenoxy) is 1. The van der Waals surface area contributed by atoms with Crippen LogP contribution >= 0.6 is 0 Å². The number of hydrogen-bond acceptors (Lipinski definition) is 6. The number of hydrogen-bond donors (Lipinski definition) is 2. The summed E-state index contributed by atoms with van der Waals surface area (Å²) in [5.41, 5.74) is 1.77. The number of nitrogens with one attached hydrogen (secondary N) is 2. The van der Waals surface area contributed by atoms with Gasteiger partial charge in [-0.15, -0.1) is 10.2 Å². The van der Waals surface area contributed by atoms with E-state index in [1.807, 2.05) is 0 Å². The van der Waals surface area contributed by atoms with E-state index >= 15 is 0 Å². The van der Waals surface area contributed by atoms with Gasteiger partial charge in [0.25, 0.3) is 5.91 Å². The summed E-state index contributed by atoms with van der Waals surface area (Å²) in [6.45, 7) is 0.445. The zero-order valence-electron chi connectivity index (χ0n) is 15.0. The molecular weight excluding hydrogens is 363 g/mol. The Morgan fingerprint density at radius 2 is 1.82 bits per heavy atom. The number of benzene rings is 2. The van der Waals surface area contributed by atoms with Gasteiger partial charge in [-0.3, -0.25) is 4.79 Å². The molecule has 1 heterocycles. The van der Waals surface area contributed by atoms with Gasteiger partial charge in [-0.05, 0) is 48.0 Å². The van der Waals surface area contributed by atoms with E-state index in [4.69, 9.17) is 0 Å². The molecule has 3 rings (SSSR count). The van der Waals surface area contributed by atoms with Crippen LogP contribution in [-0.4, -0.2) is 29.2 Å². The number of methoxy groups -OCH3 is 1. The second kappa shape index (κ2) is 8.72. The fraction of sp³-hybridized carbons (Fsp3) is 0.100. The minimum absolute atomic E-state index is 0.121. The molecule has 0 saturated carbocycles. The van der Waals surface area contributed by atoms with Gasteiger partial charge in [0, 0.05) is 12.2 Å². The Balaban J connectivity index is 1.60. The number of amides is 1. The minimum atomic E-state index is -0.493. The number of halogens is 1. The van der Waals surface area contributed by atoms with Crippen molar-refractivity contribution in [2.24, 2.45) is 0 Å². The lowest BCUT2D eigenvalue weighted by molar-refractivity contribution is 0.0600. The highest BCUT2D eigenvalue weighted by atomic mass is 19.1. The van der Waals surface area contributed by atoms with Crippen molar-refractivity contribution in [3.05, 3.63) is 83.3 Å². The van der Waals surface area contributed by atoms with Gasteiger partial charge in [0.2, 0.25) is 0 Å². The third-order valence-corrected chi connectivity index (χ3v) is 3.83. The first-order chi connectivity index (χ1) is 13.5. The topological polar surface area (TPSA) is 93.2 Å². The quantitative estimate of drug-likeness (QED) is 0.638. The Hall–Kier alpha value is -3.81. The number of nitrogens with zero attached hydrogens (tertiary/aromatic N) is 2. The van der Waals surface area contributed by atoms with E-state index in [2.05, 4.69) is 25.6 Å². The van der Waals surface area contributed by atoms with Gasteiger partial charge in [-0.1, -0.05) is 18.2 Å². The molecule has 0 bridgehead atoms. The van der Waals surface area contributed by atoms with Crippen molar-refractivity contribution in [3.8, 4) is 0 Å². The first-order valence-corrected chi connectivity index (χ1v) is 8.37. The summed E-state index contributed by atoms with van der Waals surface area (Å²) in [4.78, 5) is 23.9. The van der Waals surface area contributed by atoms with E-state index in [1.165, 1.54) is 31.4 Å². The number of aromatic nitrogens is 2. The first kappa shape index (κ1) is 19.0. The maximum Gasteiger partial charge on any atom is 0.337 e. The average molecular weight is 380 g/mol. The molecule has 1 amide bonds. The summed E-state index contributed by atoms with van der Waals surface area (Å²) in [5.74, 6) is -0.767. The van der Waals surface area contributed by atoms with Crippen LogP contribution in [0, 0.1) is 5.82 Å². The third-order valence-electron chi connectivity index (χ3n) is 3.83. The molecule has 2 N–H and O–H groups in total. The molecule has 28 heavy (non-hydrogen) atoms. The van der Waals surface area contributed by atoms with Gasteiger partial charge in [-0.2, -0.15) is 0 Å². The number of carbonyl (C=O) groups excluding carboxylic acids is 2. The van der Waals surface area contributed by atoms with Crippen molar-refractivity contribution in [2.45, 2.75) is 6.54 Å². The van der Waals surface area contributed by atoms with Crippen LogP contribution in [0.25, 0.3) is 0 Å². The molecule has 3 aromatic rings. The maximum atomic E-state index is 12.9. The summed E-state index contributed by atoms with van der Waals surface area (Å²) in [5, 5.41) is 13.6. The van der Waals surface area contributed by atoms with E-state index in [1.54, 1.807) is 36.4 Å². The molecule has 0 aliphatic rings. The van der Waals surface area contributed by atoms with Crippen molar-refractivity contribution in [3.63, 3.8) is 0 Å². The van der Waals surface area contributed by atoms with Crippen LogP contribution in [0.5, 0.6) is 0 Å². The van der Waals surface area contributed by atoms with Crippen molar-refractivity contribution in [2.75, 3.05) is 17.7 Å². The molecule has 0 fully saturated rings. The smallest absolute Gasteiger partial charge is 0.337 e. The molecule has 0 saturated heterocycles. The Morgan fingerprint density at radius 3 is 2.50 bits per heavy atom. The predicted molar refractivity (Wildman–Crippen MR) is 101 cm³/mol. The van der Waals surface area contributed by atoms with E-state index in [0.717, 1.165) is 5.56 Å². The highest BCUT2D eigenvalue weighted by molar-refractivity contribution is 6.03. The zero-order valence-corrected chi connectivity index (χ0v) is 15.0. The summed E-state index contributed by atoms with van der Waals surface area (Å²) < 4.78 is 17.6. The lowest BCUT2D eigenvalue weighted by Gasteiger charge is -2.07. The first-order valence-electron chi connectivity index (χ1n) is 8.37. The summed E-state index contributed by atoms with van der Waals surface area (Å²) in [6.07, 6.45) is 0. The fourth-order valence-electron chi connectivity index (χ4n) is 2.38. The Morgan fingerprint density at radius 1 is 1.04 bits per heavy atom. The fourth-order valence-corrected chi connectivity index (χ4v) is 2.38. The molecule has 8 heteroatoms. The highest BCUT2D eigenvalue weighted by Gasteiger charge is 2.11. The van der Waals surface area contributed by atoms with Crippen molar-refractivity contribution >= 4 is 23.4 Å². The van der Waals surface area contributed by atoms with E-state index in [0.29, 0.717) is 23.6 Å². The largest absolute Gasteiger partial charge is 0.465 e. The lowest BCUT2D eigenvalue weighted by atomic mass is 10.2. The minimum Gasteiger partial charge on any atom is -0.465 e. The third kappa shape index (κ3) is 4.88. The van der Waals surface area contributed by atoms with Gasteiger partial charge in [-0.25, -0.2) is 9.18 Å². The zero-order chi connectivity index (χ0) is 19.9. The van der Waals surface area contributed by atoms with Crippen LogP contribution in [0.4, 0.5) is 15.9 Å². The Kier molecular flexibility index (Phi) is 5.91. The second-order valence-corrected chi connectivity index (χ2v) is 5.81. The maximum absolute atomic E-state index is 12.9. The molecule has 0 aliphatic heterocycles. The average Bonchev–Trinajstić information content (AvgIpc) is 2.73. The number of rotatable bonds is 6. The SMILES string of the molecule is COC(=O)c1cccc(NC(=O)c2ccc(NCc3ccc(F)cc3)nn2)c1. The van der Waals surface area contributed by atoms with Crippen molar-refractivity contribution in [1.29, 1.82) is 0 Å². The van der Waals surface area contributed by atoms with E-state index < -0.39 is 11.9 Å². The van der Waals surface area contributed by atoms with Gasteiger partial charge in [0.05, 0.1) is 12.7 Å². The van der Waals surface area contributed by atoms with Gasteiger partial charge in [0.1, 0.15) is 11.6 Å². The van der Waals surface area contributed by atoms with Crippen LogP contribution < -0.4 is 10.6 Å². The predicted octanol–water partition coefficient (Wildman–Crippen LogP) is 3.27. The Bertz CT molecular complexity index is 976. The standard InChI is InChI=1S/C20H17FN4O3/c1-28-20(27)14-3-2-4-16(11-14)23-19(26)17-9-10-18(25-24-17)22-12-13-5-7-15(21)8-6-13/h2-11H,12H2,1H3,(H,22,25)(H,23,26). The van der Waals surface area contributed by atoms with Gasteiger partial charge in [0.15, 0.2) is 5.69 Å². The molecule has 0 spiro atoms. The van der Waals surface area contributed by atoms with Crippen LogP contribution in [0.15, 0.2) is 60.7 Å². The molecule has 0 unspecified atom stereocenters. The number of anilines is 2. The molecule has 0 aliphatic carbocycles. The van der Waals surface area contributed by atoms with Gasteiger partial charge < -0.3 is 15.4 Å². The van der Waals surface area contributed by atoms with Crippen LogP contribution in [0.1, 0.15) is 26.4 Å². The molecule has 2 aromatic carbocycles. The van der Waals surface area contributed by atoms with Crippen LogP contribution in [0.3, 0.4) is 0 Å². The molecule has 1 aromatic heterocycles. The second-order valence-electron chi connectivity index (χ2n) is 5.81. The summed E-state index contributed by atoms with van der Waals surface area (Å²) in [6, 6.07) is 15.6. The molecule has 142 valence electrons. The van der Waals surface area contributed by atoms with E-state index in [9.17, 15) is 14.0 Å². The Labute approximate surface area is 160 Å². The monoisotopic (exact) mass is 380 g/mol. The highest BCUT2D eigenvalue weighted by Crippen LogP contribution is 2.13. The molecule has 7 nitrogen and oxygen atoms in total. The molecule has 0 atom stereocenters. The van der Waals surface area contributed by atoms with Crippen molar-refractivity contribution < 1.29 is 18.7 Å². The number of carbonyl (C=O) groups is 2. The molecular formula is C20H17FN4O3. The normalized spacial score (nSPS) is 10.2. The molecule has 0 radical (unpaired) electrons. The summed E-state index contributed by atoms with van der Waals surface area (Å²) in [7, 11) is 1.29. The van der Waals surface area contributed by atoms with Gasteiger partial charge >= 0.3 is 5.97 Å². The van der Waals surface area contributed by atoms with Crippen molar-refractivity contribution in [1.82, 2.24) is 10.2 Å². The summed E-state index contributed by atoms with van der Waals surface area (Å²) >= 11 is 0. The number of esters is 1. The van der Waals surface area contributed by atoms with Crippen LogP contribution in [0.2, 0.25) is 0 Å².